The molecule has 1 aliphatic heterocycles. The summed E-state index contributed by atoms with van der Waals surface area (Å²) in [5, 5.41) is 12.2. The van der Waals surface area contributed by atoms with Crippen molar-refractivity contribution in [2.75, 3.05) is 14.2 Å². The number of hydrogen-bond acceptors (Lipinski definition) is 6. The number of carboxylic acid groups (broad SMARTS) is 1. The number of methoxy groups -OCH3 is 2. The number of aryl methyl sites for hydroxylation is 1. The summed E-state index contributed by atoms with van der Waals surface area (Å²) in [6.45, 7) is 2.00. The van der Waals surface area contributed by atoms with E-state index in [2.05, 4.69) is 5.43 Å². The predicted molar refractivity (Wildman–Crippen MR) is 106 cm³/mol. The third-order valence-electron chi connectivity index (χ3n) is 4.77. The Kier molecular flexibility index (Phi) is 6.07. The van der Waals surface area contributed by atoms with Gasteiger partial charge in [0.2, 0.25) is 5.91 Å². The zero-order valence-electron chi connectivity index (χ0n) is 16.6. The monoisotopic (exact) mass is 395 g/mol. The third-order valence-corrected chi connectivity index (χ3v) is 4.77. The lowest BCUT2D eigenvalue weighted by Crippen LogP contribution is -2.40. The summed E-state index contributed by atoms with van der Waals surface area (Å²) in [6, 6.07) is 12.8. The molecule has 1 aliphatic rings. The average molecular weight is 395 g/mol. The van der Waals surface area contributed by atoms with Crippen molar-refractivity contribution in [1.82, 2.24) is 10.4 Å². The molecular formula is C22H23N2O5-. The molecular weight excluding hydrogens is 372 g/mol. The quantitative estimate of drug-likeness (QED) is 0.771. The molecule has 29 heavy (non-hydrogen) atoms. The number of aliphatic carboxylic acids is 1. The lowest BCUT2D eigenvalue weighted by molar-refractivity contribution is -0.305. The molecule has 2 aromatic carbocycles. The van der Waals surface area contributed by atoms with Crippen LogP contribution in [-0.2, 0) is 9.59 Å². The van der Waals surface area contributed by atoms with Gasteiger partial charge in [-0.2, -0.15) is 0 Å². The van der Waals surface area contributed by atoms with Crippen LogP contribution in [0.1, 0.15) is 35.6 Å². The van der Waals surface area contributed by atoms with Gasteiger partial charge in [-0.25, -0.2) is 5.01 Å². The first kappa shape index (κ1) is 20.3. The number of carbonyl (C=O) groups is 2. The minimum atomic E-state index is -1.26. The fourth-order valence-corrected chi connectivity index (χ4v) is 3.21. The Morgan fingerprint density at radius 2 is 1.79 bits per heavy atom. The van der Waals surface area contributed by atoms with Gasteiger partial charge in [0.1, 0.15) is 17.5 Å². The molecule has 0 radical (unpaired) electrons. The van der Waals surface area contributed by atoms with Crippen LogP contribution in [0.25, 0.3) is 5.70 Å². The minimum absolute atomic E-state index is 0.173. The van der Waals surface area contributed by atoms with Crippen LogP contribution in [0.15, 0.2) is 48.5 Å². The Hall–Kier alpha value is -3.48. The first-order chi connectivity index (χ1) is 13.9. The second kappa shape index (κ2) is 8.68. The largest absolute Gasteiger partial charge is 0.550 e. The molecule has 7 heteroatoms. The van der Waals surface area contributed by atoms with Gasteiger partial charge in [-0.3, -0.25) is 10.2 Å². The van der Waals surface area contributed by atoms with Gasteiger partial charge in [0.15, 0.2) is 0 Å². The molecule has 0 bridgehead atoms. The molecule has 1 atom stereocenters. The van der Waals surface area contributed by atoms with Crippen LogP contribution in [0.5, 0.6) is 11.5 Å². The summed E-state index contributed by atoms with van der Waals surface area (Å²) >= 11 is 0. The van der Waals surface area contributed by atoms with E-state index in [9.17, 15) is 14.7 Å². The number of carbonyl (C=O) groups excluding carboxylic acids is 2. The van der Waals surface area contributed by atoms with Gasteiger partial charge in [-0.05, 0) is 43.2 Å². The topological polar surface area (TPSA) is 90.9 Å². The second-order valence-corrected chi connectivity index (χ2v) is 6.75. The Bertz CT molecular complexity index is 937. The molecule has 0 fully saturated rings. The first-order valence-corrected chi connectivity index (χ1v) is 9.22. The predicted octanol–water partition coefficient (Wildman–Crippen LogP) is 1.97. The van der Waals surface area contributed by atoms with E-state index in [0.29, 0.717) is 11.5 Å². The van der Waals surface area contributed by atoms with Gasteiger partial charge in [-0.1, -0.05) is 29.8 Å². The number of hydrazine groups is 1. The molecule has 0 saturated heterocycles. The fourth-order valence-electron chi connectivity index (χ4n) is 3.21. The molecule has 0 unspecified atom stereocenters. The average Bonchev–Trinajstić information content (AvgIpc) is 3.17. The maximum Gasteiger partial charge on any atom is 0.242 e. The standard InChI is InChI=1S/C22H24N2O5/c1-14-4-6-15(7-5-14)18-13-19(24(23-18)21(25)10-11-22(26)27)17-12-16(28-2)8-9-20(17)29-3/h4-9,12-13,19,23H,10-11H2,1-3H3,(H,26,27)/p-1/t19-/m0/s1. The molecule has 0 spiro atoms. The van der Waals surface area contributed by atoms with E-state index in [4.69, 9.17) is 9.47 Å². The zero-order valence-corrected chi connectivity index (χ0v) is 16.6. The van der Waals surface area contributed by atoms with E-state index in [-0.39, 0.29) is 18.7 Å². The number of hydrogen-bond donors (Lipinski definition) is 1. The SMILES string of the molecule is COc1ccc(OC)c([C@@H]2C=C(c3ccc(C)cc3)NN2C(=O)CCC(=O)[O-])c1. The van der Waals surface area contributed by atoms with Gasteiger partial charge >= 0.3 is 0 Å². The molecule has 0 saturated carbocycles. The van der Waals surface area contributed by atoms with E-state index in [1.807, 2.05) is 37.3 Å². The van der Waals surface area contributed by atoms with Crippen LogP contribution in [0, 0.1) is 6.92 Å². The van der Waals surface area contributed by atoms with Gasteiger partial charge in [0, 0.05) is 18.0 Å². The highest BCUT2D eigenvalue weighted by atomic mass is 16.5. The molecule has 1 heterocycles. The van der Waals surface area contributed by atoms with E-state index in [0.717, 1.165) is 22.4 Å². The molecule has 1 amide bonds. The van der Waals surface area contributed by atoms with Gasteiger partial charge < -0.3 is 19.4 Å². The van der Waals surface area contributed by atoms with Crippen LogP contribution in [0.3, 0.4) is 0 Å². The lowest BCUT2D eigenvalue weighted by atomic mass is 10.0. The van der Waals surface area contributed by atoms with Gasteiger partial charge in [-0.15, -0.1) is 0 Å². The van der Waals surface area contributed by atoms with Crippen molar-refractivity contribution in [3.8, 4) is 11.5 Å². The highest BCUT2D eigenvalue weighted by Gasteiger charge is 2.32. The zero-order chi connectivity index (χ0) is 21.0. The maximum atomic E-state index is 12.8. The van der Waals surface area contributed by atoms with Crippen LogP contribution in [0.4, 0.5) is 0 Å². The Labute approximate surface area is 169 Å². The Morgan fingerprint density at radius 3 is 2.41 bits per heavy atom. The summed E-state index contributed by atoms with van der Waals surface area (Å²) in [4.78, 5) is 23.6. The molecule has 152 valence electrons. The lowest BCUT2D eigenvalue weighted by Gasteiger charge is -2.27. The summed E-state index contributed by atoms with van der Waals surface area (Å²) in [5.41, 5.74) is 6.64. The van der Waals surface area contributed by atoms with Crippen molar-refractivity contribution in [3.05, 3.63) is 65.2 Å². The highest BCUT2D eigenvalue weighted by molar-refractivity contribution is 5.83. The van der Waals surface area contributed by atoms with Gasteiger partial charge in [0.25, 0.3) is 0 Å². The van der Waals surface area contributed by atoms with Crippen LogP contribution < -0.4 is 20.0 Å². The number of rotatable bonds is 7. The molecule has 7 nitrogen and oxygen atoms in total. The summed E-state index contributed by atoms with van der Waals surface area (Å²) < 4.78 is 10.8. The maximum absolute atomic E-state index is 12.8. The molecule has 3 rings (SSSR count). The second-order valence-electron chi connectivity index (χ2n) is 6.75. The van der Waals surface area contributed by atoms with Crippen molar-refractivity contribution < 1.29 is 24.2 Å². The number of nitrogens with zero attached hydrogens (tertiary/aromatic N) is 1. The highest BCUT2D eigenvalue weighted by Crippen LogP contribution is 2.38. The van der Waals surface area contributed by atoms with Crippen molar-refractivity contribution in [3.63, 3.8) is 0 Å². The minimum Gasteiger partial charge on any atom is -0.550 e. The van der Waals surface area contributed by atoms with E-state index in [1.165, 1.54) is 5.01 Å². The van der Waals surface area contributed by atoms with E-state index in [1.54, 1.807) is 32.4 Å². The van der Waals surface area contributed by atoms with Gasteiger partial charge in [0.05, 0.1) is 19.9 Å². The molecule has 1 N–H and O–H groups in total. The van der Waals surface area contributed by atoms with E-state index < -0.39 is 12.0 Å². The summed E-state index contributed by atoms with van der Waals surface area (Å²) in [5.74, 6) is -0.404. The number of ether oxygens (including phenoxy) is 2. The van der Waals surface area contributed by atoms with Crippen molar-refractivity contribution in [1.29, 1.82) is 0 Å². The van der Waals surface area contributed by atoms with Crippen molar-refractivity contribution in [2.45, 2.75) is 25.8 Å². The summed E-state index contributed by atoms with van der Waals surface area (Å²) in [7, 11) is 3.12. The van der Waals surface area contributed by atoms with Crippen LogP contribution in [0.2, 0.25) is 0 Å². The number of amides is 1. The normalized spacial score (nSPS) is 15.5. The number of benzene rings is 2. The third kappa shape index (κ3) is 4.51. The Morgan fingerprint density at radius 1 is 1.07 bits per heavy atom. The van der Waals surface area contributed by atoms with Crippen molar-refractivity contribution >= 4 is 17.6 Å². The smallest absolute Gasteiger partial charge is 0.242 e. The molecule has 0 aliphatic carbocycles. The summed E-state index contributed by atoms with van der Waals surface area (Å²) in [6.07, 6.45) is 1.39. The Balaban J connectivity index is 2.01. The first-order valence-electron chi connectivity index (χ1n) is 9.22. The van der Waals surface area contributed by atoms with Crippen LogP contribution >= 0.6 is 0 Å². The number of nitrogens with one attached hydrogen (secondary N) is 1. The van der Waals surface area contributed by atoms with Crippen molar-refractivity contribution in [2.24, 2.45) is 0 Å². The number of carboxylic acids is 1. The molecule has 2 aromatic rings. The van der Waals surface area contributed by atoms with E-state index >= 15 is 0 Å². The fraction of sp³-hybridized carbons (Fsp3) is 0.273. The van der Waals surface area contributed by atoms with Crippen LogP contribution in [-0.4, -0.2) is 31.1 Å². The molecule has 0 aromatic heterocycles.